The fourth-order valence-electron chi connectivity index (χ4n) is 2.34. The maximum atomic E-state index is 12.9. The Kier molecular flexibility index (Phi) is 5.17. The number of halogens is 6. The second-order valence-corrected chi connectivity index (χ2v) is 7.31. The van der Waals surface area contributed by atoms with E-state index in [2.05, 4.69) is 14.9 Å². The van der Waals surface area contributed by atoms with E-state index in [1.165, 1.54) is 6.07 Å². The Labute approximate surface area is 159 Å². The predicted molar refractivity (Wildman–Crippen MR) is 85.1 cm³/mol. The van der Waals surface area contributed by atoms with Gasteiger partial charge in [-0.1, -0.05) is 12.1 Å². The lowest BCUT2D eigenvalue weighted by Gasteiger charge is -2.13. The summed E-state index contributed by atoms with van der Waals surface area (Å²) in [5.74, 6) is -1.16. The summed E-state index contributed by atoms with van der Waals surface area (Å²) in [4.78, 5) is -0.804. The molecule has 2 aromatic heterocycles. The molecular formula is C15H10F6N4O3S. The number of nitrogens with zero attached hydrogens (tertiary/aromatic N) is 3. The predicted octanol–water partition coefficient (Wildman–Crippen LogP) is 3.13. The number of hydrogen-bond acceptors (Lipinski definition) is 5. The molecule has 0 radical (unpaired) electrons. The van der Waals surface area contributed by atoms with Gasteiger partial charge < -0.3 is 4.74 Å². The Morgan fingerprint density at radius 1 is 1.00 bits per heavy atom. The maximum absolute atomic E-state index is 12.9. The Hall–Kier alpha value is -2.87. The molecule has 3 rings (SSSR count). The highest BCUT2D eigenvalue weighted by molar-refractivity contribution is 7.89. The van der Waals surface area contributed by atoms with Crippen LogP contribution in [0.2, 0.25) is 0 Å². The number of fused-ring (bicyclic) bond motifs is 1. The van der Waals surface area contributed by atoms with Gasteiger partial charge in [-0.3, -0.25) is 4.40 Å². The van der Waals surface area contributed by atoms with E-state index in [1.54, 1.807) is 0 Å². The molecule has 0 unspecified atom stereocenters. The number of rotatable bonds is 5. The molecule has 0 aliphatic carbocycles. The lowest BCUT2D eigenvalue weighted by molar-refractivity contribution is -0.275. The number of pyridine rings is 1. The third-order valence-electron chi connectivity index (χ3n) is 3.58. The van der Waals surface area contributed by atoms with Gasteiger partial charge in [0, 0.05) is 6.20 Å². The number of para-hydroxylation sites is 1. The van der Waals surface area contributed by atoms with Crippen LogP contribution in [0.4, 0.5) is 26.3 Å². The van der Waals surface area contributed by atoms with Crippen LogP contribution in [0.15, 0.2) is 47.5 Å². The highest BCUT2D eigenvalue weighted by Gasteiger charge is 2.34. The highest BCUT2D eigenvalue weighted by Crippen LogP contribution is 2.30. The van der Waals surface area contributed by atoms with Crippen LogP contribution in [0.3, 0.4) is 0 Å². The molecule has 0 fully saturated rings. The minimum Gasteiger partial charge on any atom is -0.404 e. The van der Waals surface area contributed by atoms with Crippen molar-refractivity contribution in [1.82, 2.24) is 19.3 Å². The molecule has 0 aliphatic rings. The van der Waals surface area contributed by atoms with Crippen LogP contribution in [-0.4, -0.2) is 29.4 Å². The van der Waals surface area contributed by atoms with Crippen molar-refractivity contribution in [3.05, 3.63) is 54.0 Å². The average Bonchev–Trinajstić information content (AvgIpc) is 3.00. The number of ether oxygens (including phenoxy) is 1. The zero-order chi connectivity index (χ0) is 21.4. The van der Waals surface area contributed by atoms with Crippen LogP contribution >= 0.6 is 0 Å². The molecule has 0 bridgehead atoms. The Morgan fingerprint density at radius 2 is 1.69 bits per heavy atom. The zero-order valence-corrected chi connectivity index (χ0v) is 14.8. The molecule has 0 saturated heterocycles. The fourth-order valence-corrected chi connectivity index (χ4v) is 3.45. The van der Waals surface area contributed by atoms with E-state index >= 15 is 0 Å². The number of sulfonamides is 1. The smallest absolute Gasteiger partial charge is 0.404 e. The monoisotopic (exact) mass is 440 g/mol. The van der Waals surface area contributed by atoms with Gasteiger partial charge in [-0.25, -0.2) is 13.1 Å². The molecule has 14 heteroatoms. The molecule has 156 valence electrons. The normalized spacial score (nSPS) is 13.0. The molecule has 3 aromatic rings. The molecule has 0 atom stereocenters. The topological polar surface area (TPSA) is 85.6 Å². The molecule has 1 N–H and O–H groups in total. The van der Waals surface area contributed by atoms with Crippen molar-refractivity contribution in [2.75, 3.05) is 0 Å². The van der Waals surface area contributed by atoms with Crippen molar-refractivity contribution in [3.8, 4) is 5.75 Å². The summed E-state index contributed by atoms with van der Waals surface area (Å²) in [6.07, 6.45) is -9.09. The summed E-state index contributed by atoms with van der Waals surface area (Å²) < 4.78 is 107. The molecule has 0 spiro atoms. The van der Waals surface area contributed by atoms with Gasteiger partial charge in [-0.05, 0) is 24.3 Å². The second kappa shape index (κ2) is 7.18. The first kappa shape index (κ1) is 20.9. The van der Waals surface area contributed by atoms with Crippen LogP contribution < -0.4 is 9.46 Å². The second-order valence-electron chi connectivity index (χ2n) is 5.58. The third-order valence-corrected chi connectivity index (χ3v) is 5.03. The number of hydrogen-bond donors (Lipinski definition) is 1. The number of benzene rings is 1. The molecule has 2 heterocycles. The molecular weight excluding hydrogens is 430 g/mol. The lowest BCUT2D eigenvalue weighted by atomic mass is 10.3. The van der Waals surface area contributed by atoms with Gasteiger partial charge in [0.15, 0.2) is 11.5 Å². The Morgan fingerprint density at radius 3 is 2.34 bits per heavy atom. The number of alkyl halides is 6. The summed E-state index contributed by atoms with van der Waals surface area (Å²) in [7, 11) is -4.52. The zero-order valence-electron chi connectivity index (χ0n) is 14.0. The van der Waals surface area contributed by atoms with Gasteiger partial charge in [-0.15, -0.1) is 23.4 Å². The number of nitrogens with one attached hydrogen (secondary N) is 1. The van der Waals surface area contributed by atoms with Gasteiger partial charge in [0.1, 0.15) is 10.6 Å². The van der Waals surface area contributed by atoms with E-state index < -0.39 is 45.3 Å². The van der Waals surface area contributed by atoms with Gasteiger partial charge in [-0.2, -0.15) is 13.2 Å². The minimum atomic E-state index is -5.12. The standard InChI is InChI=1S/C15H10F6N4O3S/c16-14(17,18)9-5-6-12-23-24-13(25(12)8-9)7-22-29(26,27)11-4-2-1-3-10(11)28-15(19,20)21/h1-6,8,22H,7H2. The van der Waals surface area contributed by atoms with Gasteiger partial charge in [0.25, 0.3) is 0 Å². The van der Waals surface area contributed by atoms with E-state index in [9.17, 15) is 34.8 Å². The van der Waals surface area contributed by atoms with Crippen LogP contribution in [0.25, 0.3) is 5.65 Å². The van der Waals surface area contributed by atoms with Crippen molar-refractivity contribution in [1.29, 1.82) is 0 Å². The van der Waals surface area contributed by atoms with E-state index in [0.717, 1.165) is 34.7 Å². The van der Waals surface area contributed by atoms with E-state index in [0.29, 0.717) is 6.20 Å². The summed E-state index contributed by atoms with van der Waals surface area (Å²) >= 11 is 0. The quantitative estimate of drug-likeness (QED) is 0.617. The third kappa shape index (κ3) is 4.76. The molecule has 29 heavy (non-hydrogen) atoms. The first-order chi connectivity index (χ1) is 13.4. The molecule has 1 aromatic carbocycles. The van der Waals surface area contributed by atoms with Crippen LogP contribution in [0, 0.1) is 0 Å². The Bertz CT molecular complexity index is 1140. The minimum absolute atomic E-state index is 0.0213. The molecule has 0 saturated carbocycles. The highest BCUT2D eigenvalue weighted by atomic mass is 32.2. The molecule has 0 amide bonds. The van der Waals surface area contributed by atoms with Crippen molar-refractivity contribution in [3.63, 3.8) is 0 Å². The number of aromatic nitrogens is 3. The van der Waals surface area contributed by atoms with Crippen molar-refractivity contribution >= 4 is 15.7 Å². The van der Waals surface area contributed by atoms with Crippen molar-refractivity contribution in [2.24, 2.45) is 0 Å². The van der Waals surface area contributed by atoms with E-state index in [-0.39, 0.29) is 11.5 Å². The van der Waals surface area contributed by atoms with Gasteiger partial charge >= 0.3 is 12.5 Å². The van der Waals surface area contributed by atoms with Gasteiger partial charge in [0.05, 0.1) is 12.1 Å². The first-order valence-electron chi connectivity index (χ1n) is 7.62. The SMILES string of the molecule is O=S(=O)(NCc1nnc2ccc(C(F)(F)F)cn12)c1ccccc1OC(F)(F)F. The largest absolute Gasteiger partial charge is 0.573 e. The van der Waals surface area contributed by atoms with Crippen LogP contribution in [0.1, 0.15) is 11.4 Å². The van der Waals surface area contributed by atoms with Crippen molar-refractivity contribution in [2.45, 2.75) is 24.0 Å². The average molecular weight is 440 g/mol. The summed E-state index contributed by atoms with van der Waals surface area (Å²) in [6, 6.07) is 5.84. The molecule has 0 aliphatic heterocycles. The summed E-state index contributed by atoms with van der Waals surface area (Å²) in [5.41, 5.74) is -0.995. The summed E-state index contributed by atoms with van der Waals surface area (Å²) in [5, 5.41) is 7.22. The fraction of sp³-hybridized carbons (Fsp3) is 0.200. The maximum Gasteiger partial charge on any atom is 0.573 e. The van der Waals surface area contributed by atoms with E-state index in [1.807, 2.05) is 4.72 Å². The summed E-state index contributed by atoms with van der Waals surface area (Å²) in [6.45, 7) is -0.634. The van der Waals surface area contributed by atoms with Crippen LogP contribution in [-0.2, 0) is 22.7 Å². The van der Waals surface area contributed by atoms with Crippen LogP contribution in [0.5, 0.6) is 5.75 Å². The van der Waals surface area contributed by atoms with Crippen molar-refractivity contribution < 1.29 is 39.5 Å². The lowest BCUT2D eigenvalue weighted by Crippen LogP contribution is -2.26. The Balaban J connectivity index is 1.88. The van der Waals surface area contributed by atoms with Gasteiger partial charge in [0.2, 0.25) is 10.0 Å². The molecule has 7 nitrogen and oxygen atoms in total. The van der Waals surface area contributed by atoms with E-state index in [4.69, 9.17) is 0 Å². The first-order valence-corrected chi connectivity index (χ1v) is 9.10.